The van der Waals surface area contributed by atoms with Crippen LogP contribution in [0.2, 0.25) is 0 Å². The number of thioether (sulfide) groups is 1. The second kappa shape index (κ2) is 9.53. The minimum absolute atomic E-state index is 0.137. The summed E-state index contributed by atoms with van der Waals surface area (Å²) in [7, 11) is 1.41. The van der Waals surface area contributed by atoms with Crippen LogP contribution < -0.4 is 0 Å². The fourth-order valence-corrected chi connectivity index (χ4v) is 5.53. The average molecular weight is 454 g/mol. The Morgan fingerprint density at radius 2 is 2.00 bits per heavy atom. The Balaban J connectivity index is 1.69. The van der Waals surface area contributed by atoms with Gasteiger partial charge in [-0.25, -0.2) is 9.79 Å². The number of allylic oxidation sites excluding steroid dienone is 1. The van der Waals surface area contributed by atoms with Gasteiger partial charge in [-0.05, 0) is 43.1 Å². The molecule has 3 aliphatic rings. The Bertz CT molecular complexity index is 1010. The van der Waals surface area contributed by atoms with Gasteiger partial charge in [0.05, 0.1) is 30.8 Å². The van der Waals surface area contributed by atoms with E-state index in [1.54, 1.807) is 0 Å². The van der Waals surface area contributed by atoms with E-state index < -0.39 is 0 Å². The molecule has 1 amide bonds. The maximum atomic E-state index is 13.1. The number of aryl methyl sites for hydroxylation is 1. The molecular weight excluding hydrogens is 422 g/mol. The number of fused-ring (bicyclic) bond motifs is 1. The van der Waals surface area contributed by atoms with Crippen molar-refractivity contribution in [1.82, 2.24) is 9.80 Å². The standard InChI is InChI=1S/C25H31N3O3S/c1-5-20-22(24(30)31-4)23(18-8-6-7-17(3)13-18)28-19(15-32-25(28)26-20)14-21(29)27-11-9-16(2)10-12-27/h6-8,13,15-16,23H,5,9-12,14H2,1-4H3/t23-/m1/s1. The number of amides is 1. The number of hydrogen-bond donors (Lipinski definition) is 0. The molecule has 32 heavy (non-hydrogen) atoms. The van der Waals surface area contributed by atoms with E-state index in [0.717, 1.165) is 53.6 Å². The number of aliphatic imine (C=N–C) groups is 1. The summed E-state index contributed by atoms with van der Waals surface area (Å²) in [6, 6.07) is 7.81. The lowest BCUT2D eigenvalue weighted by atomic mass is 9.92. The van der Waals surface area contributed by atoms with Crippen LogP contribution in [0.1, 0.15) is 56.7 Å². The summed E-state index contributed by atoms with van der Waals surface area (Å²) in [6.45, 7) is 7.92. The molecule has 0 bridgehead atoms. The molecule has 0 unspecified atom stereocenters. The molecule has 4 rings (SSSR count). The number of methoxy groups -OCH3 is 1. The molecule has 0 spiro atoms. The van der Waals surface area contributed by atoms with Gasteiger partial charge >= 0.3 is 5.97 Å². The highest BCUT2D eigenvalue weighted by Gasteiger charge is 2.41. The van der Waals surface area contributed by atoms with Crippen LogP contribution in [0.15, 0.2) is 51.6 Å². The second-order valence-corrected chi connectivity index (χ2v) is 9.59. The zero-order valence-electron chi connectivity index (χ0n) is 19.3. The van der Waals surface area contributed by atoms with Crippen LogP contribution in [0.3, 0.4) is 0 Å². The first-order chi connectivity index (χ1) is 15.4. The Morgan fingerprint density at radius 3 is 2.66 bits per heavy atom. The molecule has 0 N–H and O–H groups in total. The summed E-state index contributed by atoms with van der Waals surface area (Å²) in [4.78, 5) is 34.9. The number of rotatable bonds is 5. The fourth-order valence-electron chi connectivity index (χ4n) is 4.59. The number of carbonyl (C=O) groups is 2. The molecular formula is C25H31N3O3S. The van der Waals surface area contributed by atoms with Crippen LogP contribution in [0.25, 0.3) is 0 Å². The van der Waals surface area contributed by atoms with Gasteiger partial charge in [-0.1, -0.05) is 55.4 Å². The molecule has 1 aromatic rings. The number of piperidine rings is 1. The largest absolute Gasteiger partial charge is 0.466 e. The van der Waals surface area contributed by atoms with Crippen molar-refractivity contribution < 1.29 is 14.3 Å². The third-order valence-corrected chi connectivity index (χ3v) is 7.34. The zero-order valence-corrected chi connectivity index (χ0v) is 20.1. The van der Waals surface area contributed by atoms with Gasteiger partial charge in [0.2, 0.25) is 5.91 Å². The Hall–Kier alpha value is -2.54. The average Bonchev–Trinajstić information content (AvgIpc) is 3.19. The van der Waals surface area contributed by atoms with E-state index >= 15 is 0 Å². The van der Waals surface area contributed by atoms with Crippen molar-refractivity contribution >= 4 is 28.8 Å². The summed E-state index contributed by atoms with van der Waals surface area (Å²) in [5, 5.41) is 2.83. The molecule has 3 aliphatic heterocycles. The van der Waals surface area contributed by atoms with Crippen molar-refractivity contribution in [3.8, 4) is 0 Å². The van der Waals surface area contributed by atoms with Gasteiger partial charge in [-0.15, -0.1) is 0 Å². The first kappa shape index (κ1) is 22.6. The van der Waals surface area contributed by atoms with E-state index in [2.05, 4.69) is 17.9 Å². The van der Waals surface area contributed by atoms with E-state index in [1.165, 1.54) is 18.9 Å². The van der Waals surface area contributed by atoms with Crippen molar-refractivity contribution in [2.24, 2.45) is 10.9 Å². The third kappa shape index (κ3) is 4.35. The zero-order chi connectivity index (χ0) is 22.8. The lowest BCUT2D eigenvalue weighted by Gasteiger charge is -2.37. The summed E-state index contributed by atoms with van der Waals surface area (Å²) in [5.74, 6) is 0.439. The topological polar surface area (TPSA) is 62.2 Å². The minimum Gasteiger partial charge on any atom is -0.466 e. The number of hydrogen-bond acceptors (Lipinski definition) is 6. The van der Waals surface area contributed by atoms with Crippen LogP contribution in [0, 0.1) is 12.8 Å². The minimum atomic E-state index is -0.372. The highest BCUT2D eigenvalue weighted by Crippen LogP contribution is 2.45. The molecule has 6 nitrogen and oxygen atoms in total. The van der Waals surface area contributed by atoms with Crippen LogP contribution in [-0.4, -0.2) is 47.0 Å². The molecule has 0 aromatic heterocycles. The highest BCUT2D eigenvalue weighted by atomic mass is 32.2. The first-order valence-electron chi connectivity index (χ1n) is 11.3. The first-order valence-corrected chi connectivity index (χ1v) is 12.2. The Morgan fingerprint density at radius 1 is 1.25 bits per heavy atom. The summed E-state index contributed by atoms with van der Waals surface area (Å²) < 4.78 is 5.18. The smallest absolute Gasteiger partial charge is 0.338 e. The monoisotopic (exact) mass is 453 g/mol. The van der Waals surface area contributed by atoms with Gasteiger partial charge in [0.25, 0.3) is 0 Å². The van der Waals surface area contributed by atoms with Gasteiger partial charge < -0.3 is 14.5 Å². The van der Waals surface area contributed by atoms with Gasteiger partial charge in [0.15, 0.2) is 5.17 Å². The summed E-state index contributed by atoms with van der Waals surface area (Å²) >= 11 is 1.52. The van der Waals surface area contributed by atoms with E-state index in [1.807, 2.05) is 42.4 Å². The maximum absolute atomic E-state index is 13.1. The SMILES string of the molecule is CCC1=C(C(=O)OC)[C@@H](c2cccc(C)c2)N2C(CC(=O)N3CCC(C)CC3)=CSC2=N1. The van der Waals surface area contributed by atoms with Crippen LogP contribution in [0.4, 0.5) is 0 Å². The fraction of sp³-hybridized carbons (Fsp3) is 0.480. The predicted molar refractivity (Wildman–Crippen MR) is 128 cm³/mol. The lowest BCUT2D eigenvalue weighted by Crippen LogP contribution is -2.41. The molecule has 0 radical (unpaired) electrons. The van der Waals surface area contributed by atoms with Crippen LogP contribution in [0.5, 0.6) is 0 Å². The molecule has 1 aromatic carbocycles. The summed E-state index contributed by atoms with van der Waals surface area (Å²) in [5.41, 5.74) is 4.30. The highest BCUT2D eigenvalue weighted by molar-refractivity contribution is 8.16. The van der Waals surface area contributed by atoms with Gasteiger partial charge in [0.1, 0.15) is 0 Å². The summed E-state index contributed by atoms with van der Waals surface area (Å²) in [6.07, 6.45) is 3.04. The molecule has 3 heterocycles. The van der Waals surface area contributed by atoms with Crippen LogP contribution >= 0.6 is 11.8 Å². The Kier molecular flexibility index (Phi) is 6.74. The van der Waals surface area contributed by atoms with Crippen LogP contribution in [-0.2, 0) is 14.3 Å². The number of nitrogens with zero attached hydrogens (tertiary/aromatic N) is 3. The van der Waals surface area contributed by atoms with Crippen molar-refractivity contribution in [3.05, 3.63) is 57.8 Å². The number of likely N-dealkylation sites (tertiary alicyclic amines) is 1. The lowest BCUT2D eigenvalue weighted by molar-refractivity contribution is -0.136. The van der Waals surface area contributed by atoms with Crippen molar-refractivity contribution in [3.63, 3.8) is 0 Å². The van der Waals surface area contributed by atoms with Gasteiger partial charge in [-0.2, -0.15) is 0 Å². The second-order valence-electron chi connectivity index (χ2n) is 8.75. The molecule has 1 saturated heterocycles. The molecule has 7 heteroatoms. The van der Waals surface area contributed by atoms with Crippen molar-refractivity contribution in [2.45, 2.75) is 52.5 Å². The molecule has 1 fully saturated rings. The Labute approximate surface area is 194 Å². The number of benzene rings is 1. The normalized spacial score (nSPS) is 21.3. The molecule has 1 atom stereocenters. The maximum Gasteiger partial charge on any atom is 0.338 e. The van der Waals surface area contributed by atoms with Gasteiger partial charge in [0, 0.05) is 18.8 Å². The van der Waals surface area contributed by atoms with Gasteiger partial charge in [-0.3, -0.25) is 4.79 Å². The van der Waals surface area contributed by atoms with Crippen molar-refractivity contribution in [1.29, 1.82) is 0 Å². The molecule has 0 aliphatic carbocycles. The quantitative estimate of drug-likeness (QED) is 0.601. The van der Waals surface area contributed by atoms with Crippen molar-refractivity contribution in [2.75, 3.05) is 20.2 Å². The number of esters is 1. The predicted octanol–water partition coefficient (Wildman–Crippen LogP) is 4.78. The van der Waals surface area contributed by atoms with E-state index in [9.17, 15) is 9.59 Å². The van der Waals surface area contributed by atoms with E-state index in [-0.39, 0.29) is 17.9 Å². The number of carbonyl (C=O) groups excluding carboxylic acids is 2. The van der Waals surface area contributed by atoms with E-state index in [0.29, 0.717) is 24.3 Å². The number of ether oxygens (including phenoxy) is 1. The molecule has 0 saturated carbocycles. The number of amidine groups is 1. The molecule has 170 valence electrons. The van der Waals surface area contributed by atoms with E-state index in [4.69, 9.17) is 9.73 Å². The third-order valence-electron chi connectivity index (χ3n) is 6.46.